The van der Waals surface area contributed by atoms with Gasteiger partial charge in [-0.15, -0.1) is 0 Å². The number of halogens is 4. The fourth-order valence-electron chi connectivity index (χ4n) is 1.65. The van der Waals surface area contributed by atoms with Gasteiger partial charge in [-0.3, -0.25) is 4.79 Å². The highest BCUT2D eigenvalue weighted by Crippen LogP contribution is 2.32. The molecule has 116 valence electrons. The summed E-state index contributed by atoms with van der Waals surface area (Å²) in [5, 5.41) is 0. The molecule has 8 heteroatoms. The van der Waals surface area contributed by atoms with Crippen LogP contribution in [0.4, 0.5) is 13.2 Å². The monoisotopic (exact) mass is 382 g/mol. The Morgan fingerprint density at radius 3 is 2.52 bits per heavy atom. The zero-order valence-corrected chi connectivity index (χ0v) is 13.8. The molecule has 0 radical (unpaired) electrons. The topological polar surface area (TPSA) is 46.3 Å². The van der Waals surface area contributed by atoms with Crippen LogP contribution in [-0.4, -0.2) is 29.4 Å². The first-order valence-corrected chi connectivity index (χ1v) is 7.15. The van der Waals surface area contributed by atoms with Gasteiger partial charge >= 0.3 is 6.18 Å². The zero-order valence-electron chi connectivity index (χ0n) is 11.4. The van der Waals surface area contributed by atoms with Gasteiger partial charge in [0.15, 0.2) is 0 Å². The molecule has 1 unspecified atom stereocenters. The number of thiocarbonyl (C=S) groups is 1. The zero-order chi connectivity index (χ0) is 16.4. The van der Waals surface area contributed by atoms with Gasteiger partial charge in [0.2, 0.25) is 0 Å². The second kappa shape index (κ2) is 6.74. The second-order valence-electron chi connectivity index (χ2n) is 4.68. The molecule has 0 bridgehead atoms. The first-order valence-electron chi connectivity index (χ1n) is 5.95. The molecule has 0 aliphatic heterocycles. The van der Waals surface area contributed by atoms with Crippen LogP contribution in [-0.2, 0) is 6.18 Å². The molecule has 2 N–H and O–H groups in total. The van der Waals surface area contributed by atoms with Crippen molar-refractivity contribution in [3.8, 4) is 0 Å². The molecule has 1 atom stereocenters. The summed E-state index contributed by atoms with van der Waals surface area (Å²) in [6.45, 7) is 1.98. The van der Waals surface area contributed by atoms with Gasteiger partial charge in [-0.2, -0.15) is 13.2 Å². The molecule has 1 aromatic rings. The van der Waals surface area contributed by atoms with Crippen LogP contribution in [0.1, 0.15) is 22.8 Å². The van der Waals surface area contributed by atoms with Crippen molar-refractivity contribution in [2.75, 3.05) is 13.6 Å². The summed E-state index contributed by atoms with van der Waals surface area (Å²) in [7, 11) is 1.49. The van der Waals surface area contributed by atoms with Gasteiger partial charge in [0.1, 0.15) is 0 Å². The molecule has 3 nitrogen and oxygen atoms in total. The first-order chi connectivity index (χ1) is 9.54. The number of rotatable bonds is 4. The van der Waals surface area contributed by atoms with E-state index < -0.39 is 17.6 Å². The van der Waals surface area contributed by atoms with Crippen LogP contribution in [0.25, 0.3) is 0 Å². The predicted molar refractivity (Wildman–Crippen MR) is 82.1 cm³/mol. The van der Waals surface area contributed by atoms with E-state index >= 15 is 0 Å². The van der Waals surface area contributed by atoms with Crippen LogP contribution in [0.15, 0.2) is 22.7 Å². The van der Waals surface area contributed by atoms with Gasteiger partial charge in [-0.05, 0) is 34.1 Å². The van der Waals surface area contributed by atoms with Crippen molar-refractivity contribution < 1.29 is 18.0 Å². The number of nitrogens with zero attached hydrogens (tertiary/aromatic N) is 1. The summed E-state index contributed by atoms with van der Waals surface area (Å²) < 4.78 is 38.4. The third-order valence-corrected chi connectivity index (χ3v) is 4.00. The third kappa shape index (κ3) is 4.67. The summed E-state index contributed by atoms with van der Waals surface area (Å²) in [5.74, 6) is -0.755. The number of nitrogens with two attached hydrogens (primary N) is 1. The SMILES string of the molecule is CC(CN(C)C(=O)c1cc(C(F)(F)F)ccc1Br)C(N)=S. The summed E-state index contributed by atoms with van der Waals surface area (Å²) in [6, 6.07) is 2.95. The Bertz CT molecular complexity index is 563. The van der Waals surface area contributed by atoms with Crippen molar-refractivity contribution in [3.05, 3.63) is 33.8 Å². The van der Waals surface area contributed by atoms with E-state index in [-0.39, 0.29) is 23.0 Å². The highest BCUT2D eigenvalue weighted by atomic mass is 79.9. The van der Waals surface area contributed by atoms with E-state index in [1.165, 1.54) is 18.0 Å². The molecule has 1 rings (SSSR count). The maximum absolute atomic E-state index is 12.7. The number of carbonyl (C=O) groups excluding carboxylic acids is 1. The van der Waals surface area contributed by atoms with E-state index in [2.05, 4.69) is 15.9 Å². The fraction of sp³-hybridized carbons (Fsp3) is 0.385. The molecular weight excluding hydrogens is 369 g/mol. The van der Waals surface area contributed by atoms with Gasteiger partial charge in [0, 0.05) is 24.0 Å². The number of alkyl halides is 3. The lowest BCUT2D eigenvalue weighted by Crippen LogP contribution is -2.35. The maximum Gasteiger partial charge on any atom is 0.416 e. The van der Waals surface area contributed by atoms with Gasteiger partial charge in [0.25, 0.3) is 5.91 Å². The van der Waals surface area contributed by atoms with Crippen LogP contribution < -0.4 is 5.73 Å². The molecule has 1 amide bonds. The van der Waals surface area contributed by atoms with Crippen LogP contribution in [0.3, 0.4) is 0 Å². The van der Waals surface area contributed by atoms with E-state index in [1.54, 1.807) is 6.92 Å². The normalized spacial score (nSPS) is 12.9. The lowest BCUT2D eigenvalue weighted by molar-refractivity contribution is -0.137. The molecule has 0 aromatic heterocycles. The van der Waals surface area contributed by atoms with E-state index in [0.29, 0.717) is 4.47 Å². The van der Waals surface area contributed by atoms with Gasteiger partial charge in [0.05, 0.1) is 16.1 Å². The lowest BCUT2D eigenvalue weighted by atomic mass is 10.1. The molecule has 0 aliphatic rings. The molecule has 0 aliphatic carbocycles. The standard InChI is InChI=1S/C13H14BrF3N2OS/c1-7(11(18)21)6-19(2)12(20)9-5-8(13(15,16)17)3-4-10(9)14/h3-5,7H,6H2,1-2H3,(H2,18,21). The molecular formula is C13H14BrF3N2OS. The molecule has 21 heavy (non-hydrogen) atoms. The predicted octanol–water partition coefficient (Wildman–Crippen LogP) is 3.46. The van der Waals surface area contributed by atoms with Crippen molar-refractivity contribution in [1.29, 1.82) is 0 Å². The summed E-state index contributed by atoms with van der Waals surface area (Å²) >= 11 is 7.91. The molecule has 0 saturated carbocycles. The minimum absolute atomic E-state index is 0.0533. The number of hydrogen-bond donors (Lipinski definition) is 1. The van der Waals surface area contributed by atoms with E-state index in [4.69, 9.17) is 18.0 Å². The highest BCUT2D eigenvalue weighted by molar-refractivity contribution is 9.10. The maximum atomic E-state index is 12.7. The molecule has 0 heterocycles. The Morgan fingerprint density at radius 1 is 1.48 bits per heavy atom. The fourth-order valence-corrected chi connectivity index (χ4v) is 2.15. The lowest BCUT2D eigenvalue weighted by Gasteiger charge is -2.22. The van der Waals surface area contributed by atoms with Crippen molar-refractivity contribution in [2.45, 2.75) is 13.1 Å². The van der Waals surface area contributed by atoms with Crippen LogP contribution in [0.5, 0.6) is 0 Å². The Balaban J connectivity index is 3.04. The minimum atomic E-state index is -4.50. The molecule has 1 aromatic carbocycles. The van der Waals surface area contributed by atoms with E-state index in [9.17, 15) is 18.0 Å². The molecule has 0 saturated heterocycles. The highest BCUT2D eigenvalue weighted by Gasteiger charge is 2.32. The van der Waals surface area contributed by atoms with Crippen LogP contribution in [0, 0.1) is 5.92 Å². The van der Waals surface area contributed by atoms with E-state index in [0.717, 1.165) is 12.1 Å². The second-order valence-corrected chi connectivity index (χ2v) is 6.01. The molecule has 0 spiro atoms. The average Bonchev–Trinajstić information content (AvgIpc) is 2.36. The van der Waals surface area contributed by atoms with Crippen molar-refractivity contribution in [3.63, 3.8) is 0 Å². The first kappa shape index (κ1) is 17.9. The third-order valence-electron chi connectivity index (χ3n) is 2.90. The van der Waals surface area contributed by atoms with Crippen LogP contribution >= 0.6 is 28.1 Å². The van der Waals surface area contributed by atoms with Crippen molar-refractivity contribution in [1.82, 2.24) is 4.90 Å². The number of benzene rings is 1. The summed E-state index contributed by atoms with van der Waals surface area (Å²) in [4.78, 5) is 13.8. The number of amides is 1. The Labute approximate surface area is 134 Å². The largest absolute Gasteiger partial charge is 0.416 e. The van der Waals surface area contributed by atoms with Gasteiger partial charge in [-0.25, -0.2) is 0 Å². The number of carbonyl (C=O) groups is 1. The minimum Gasteiger partial charge on any atom is -0.393 e. The van der Waals surface area contributed by atoms with Gasteiger partial charge < -0.3 is 10.6 Å². The smallest absolute Gasteiger partial charge is 0.393 e. The number of hydrogen-bond acceptors (Lipinski definition) is 2. The summed E-state index contributed by atoms with van der Waals surface area (Å²) in [5.41, 5.74) is 4.55. The van der Waals surface area contributed by atoms with Crippen molar-refractivity contribution >= 4 is 39.0 Å². The van der Waals surface area contributed by atoms with Crippen LogP contribution in [0.2, 0.25) is 0 Å². The summed E-state index contributed by atoms with van der Waals surface area (Å²) in [6.07, 6.45) is -4.50. The quantitative estimate of drug-likeness (QED) is 0.811. The Morgan fingerprint density at radius 2 is 2.05 bits per heavy atom. The average molecular weight is 383 g/mol. The Hall–Kier alpha value is -1.15. The Kier molecular flexibility index (Phi) is 5.75. The molecule has 0 fully saturated rings. The van der Waals surface area contributed by atoms with Crippen molar-refractivity contribution in [2.24, 2.45) is 11.7 Å². The van der Waals surface area contributed by atoms with E-state index in [1.807, 2.05) is 0 Å². The van der Waals surface area contributed by atoms with Gasteiger partial charge in [-0.1, -0.05) is 19.1 Å².